The second-order valence-corrected chi connectivity index (χ2v) is 5.43. The van der Waals surface area contributed by atoms with Gasteiger partial charge in [0, 0.05) is 20.6 Å². The minimum Gasteiger partial charge on any atom is -0.356 e. The summed E-state index contributed by atoms with van der Waals surface area (Å²) in [5, 5.41) is 0. The highest BCUT2D eigenvalue weighted by molar-refractivity contribution is 7.91. The van der Waals surface area contributed by atoms with Gasteiger partial charge in [-0.25, -0.2) is 8.42 Å². The fourth-order valence-electron chi connectivity index (χ4n) is 1.33. The molecule has 0 amide bonds. The van der Waals surface area contributed by atoms with Gasteiger partial charge in [0.1, 0.15) is 0 Å². The van der Waals surface area contributed by atoms with Gasteiger partial charge >= 0.3 is 0 Å². The fourth-order valence-corrected chi connectivity index (χ4v) is 2.64. The SMILES string of the molecule is COC(CCS(=O)(=O)c1ccccc1)OC. The van der Waals surface area contributed by atoms with Gasteiger partial charge in [-0.15, -0.1) is 0 Å². The lowest BCUT2D eigenvalue weighted by atomic mass is 10.4. The molecule has 16 heavy (non-hydrogen) atoms. The summed E-state index contributed by atoms with van der Waals surface area (Å²) >= 11 is 0. The lowest BCUT2D eigenvalue weighted by Gasteiger charge is -2.12. The van der Waals surface area contributed by atoms with Crippen LogP contribution in [0.1, 0.15) is 6.42 Å². The van der Waals surface area contributed by atoms with Gasteiger partial charge in [-0.2, -0.15) is 0 Å². The highest BCUT2D eigenvalue weighted by Crippen LogP contribution is 2.12. The molecular formula is C11H16O4S. The van der Waals surface area contributed by atoms with Gasteiger partial charge in [0.2, 0.25) is 0 Å². The van der Waals surface area contributed by atoms with E-state index >= 15 is 0 Å². The molecule has 0 fully saturated rings. The molecule has 90 valence electrons. The zero-order valence-electron chi connectivity index (χ0n) is 9.42. The van der Waals surface area contributed by atoms with Gasteiger partial charge in [0.15, 0.2) is 16.1 Å². The van der Waals surface area contributed by atoms with E-state index in [0.29, 0.717) is 11.3 Å². The highest BCUT2D eigenvalue weighted by Gasteiger charge is 2.16. The smallest absolute Gasteiger partial charge is 0.178 e. The molecular weight excluding hydrogens is 228 g/mol. The van der Waals surface area contributed by atoms with E-state index in [4.69, 9.17) is 9.47 Å². The number of benzene rings is 1. The van der Waals surface area contributed by atoms with Crippen molar-refractivity contribution in [1.82, 2.24) is 0 Å². The molecule has 0 atom stereocenters. The Morgan fingerprint density at radius 1 is 1.12 bits per heavy atom. The molecule has 4 nitrogen and oxygen atoms in total. The number of rotatable bonds is 6. The molecule has 1 rings (SSSR count). The first-order valence-corrected chi connectivity index (χ1v) is 6.59. The van der Waals surface area contributed by atoms with Crippen LogP contribution < -0.4 is 0 Å². The van der Waals surface area contributed by atoms with Crippen LogP contribution in [0.5, 0.6) is 0 Å². The Hall–Kier alpha value is -0.910. The van der Waals surface area contributed by atoms with Crippen molar-refractivity contribution >= 4 is 9.84 Å². The molecule has 0 aliphatic rings. The van der Waals surface area contributed by atoms with Crippen LogP contribution in [0.4, 0.5) is 0 Å². The molecule has 1 aromatic carbocycles. The van der Waals surface area contributed by atoms with Gasteiger partial charge in [0.25, 0.3) is 0 Å². The predicted molar refractivity (Wildman–Crippen MR) is 60.9 cm³/mol. The average molecular weight is 244 g/mol. The van der Waals surface area contributed by atoms with Crippen molar-refractivity contribution < 1.29 is 17.9 Å². The number of ether oxygens (including phenoxy) is 2. The summed E-state index contributed by atoms with van der Waals surface area (Å²) < 4.78 is 33.6. The monoisotopic (exact) mass is 244 g/mol. The zero-order valence-corrected chi connectivity index (χ0v) is 10.2. The van der Waals surface area contributed by atoms with E-state index in [1.165, 1.54) is 14.2 Å². The predicted octanol–water partition coefficient (Wildman–Crippen LogP) is 1.47. The Morgan fingerprint density at radius 3 is 2.19 bits per heavy atom. The molecule has 0 unspecified atom stereocenters. The average Bonchev–Trinajstić information content (AvgIpc) is 2.31. The minimum atomic E-state index is -3.24. The number of methoxy groups -OCH3 is 2. The van der Waals surface area contributed by atoms with Crippen LogP contribution in [-0.4, -0.2) is 34.7 Å². The van der Waals surface area contributed by atoms with Gasteiger partial charge in [0.05, 0.1) is 10.6 Å². The lowest BCUT2D eigenvalue weighted by molar-refractivity contribution is -0.102. The van der Waals surface area contributed by atoms with Gasteiger partial charge in [-0.1, -0.05) is 18.2 Å². The van der Waals surface area contributed by atoms with E-state index in [1.807, 2.05) is 0 Å². The van der Waals surface area contributed by atoms with Gasteiger partial charge in [-0.05, 0) is 12.1 Å². The maximum absolute atomic E-state index is 11.9. The quantitative estimate of drug-likeness (QED) is 0.711. The first-order chi connectivity index (χ1) is 7.60. The molecule has 0 aliphatic carbocycles. The molecule has 0 saturated heterocycles. The van der Waals surface area contributed by atoms with E-state index in [2.05, 4.69) is 0 Å². The first-order valence-electron chi connectivity index (χ1n) is 4.93. The normalized spacial score (nSPS) is 11.9. The maximum atomic E-state index is 11.9. The Morgan fingerprint density at radius 2 is 1.69 bits per heavy atom. The van der Waals surface area contributed by atoms with Crippen molar-refractivity contribution in [3.63, 3.8) is 0 Å². The Labute approximate surface area is 96.1 Å². The molecule has 0 N–H and O–H groups in total. The molecule has 0 aromatic heterocycles. The van der Waals surface area contributed by atoms with Crippen molar-refractivity contribution in [1.29, 1.82) is 0 Å². The van der Waals surface area contributed by atoms with Gasteiger partial charge < -0.3 is 9.47 Å². The van der Waals surface area contributed by atoms with E-state index in [9.17, 15) is 8.42 Å². The summed E-state index contributed by atoms with van der Waals surface area (Å²) in [5.41, 5.74) is 0. The molecule has 0 saturated carbocycles. The van der Waals surface area contributed by atoms with Crippen LogP contribution >= 0.6 is 0 Å². The third kappa shape index (κ3) is 3.59. The van der Waals surface area contributed by atoms with E-state index < -0.39 is 16.1 Å². The largest absolute Gasteiger partial charge is 0.356 e. The zero-order chi connectivity index (χ0) is 12.0. The standard InChI is InChI=1S/C11H16O4S/c1-14-11(15-2)8-9-16(12,13)10-6-4-3-5-7-10/h3-7,11H,8-9H2,1-2H3. The first kappa shape index (κ1) is 13.2. The van der Waals surface area contributed by atoms with Crippen LogP contribution in [0.15, 0.2) is 35.2 Å². The van der Waals surface area contributed by atoms with Crippen molar-refractivity contribution in [3.8, 4) is 0 Å². The third-order valence-electron chi connectivity index (χ3n) is 2.25. The van der Waals surface area contributed by atoms with Crippen LogP contribution in [0.2, 0.25) is 0 Å². The lowest BCUT2D eigenvalue weighted by Crippen LogP contribution is -2.18. The summed E-state index contributed by atoms with van der Waals surface area (Å²) in [6.45, 7) is 0. The molecule has 5 heteroatoms. The minimum absolute atomic E-state index is 0.0172. The Balaban J connectivity index is 2.67. The van der Waals surface area contributed by atoms with Crippen molar-refractivity contribution in [2.24, 2.45) is 0 Å². The van der Waals surface area contributed by atoms with Crippen LogP contribution in [0, 0.1) is 0 Å². The fraction of sp³-hybridized carbons (Fsp3) is 0.455. The third-order valence-corrected chi connectivity index (χ3v) is 4.01. The Kier molecular flexibility index (Phi) is 4.92. The Bertz CT molecular complexity index is 395. The second-order valence-electron chi connectivity index (χ2n) is 3.32. The highest BCUT2D eigenvalue weighted by atomic mass is 32.2. The van der Waals surface area contributed by atoms with Crippen LogP contribution in [-0.2, 0) is 19.3 Å². The summed E-state index contributed by atoms with van der Waals surface area (Å²) in [4.78, 5) is 0.334. The van der Waals surface area contributed by atoms with Crippen molar-refractivity contribution in [3.05, 3.63) is 30.3 Å². The molecule has 0 spiro atoms. The molecule has 0 aliphatic heterocycles. The summed E-state index contributed by atoms with van der Waals surface area (Å²) in [7, 11) is -0.257. The number of hydrogen-bond donors (Lipinski definition) is 0. The molecule has 0 heterocycles. The summed E-state index contributed by atoms with van der Waals surface area (Å²) in [6, 6.07) is 8.37. The number of hydrogen-bond acceptors (Lipinski definition) is 4. The summed E-state index contributed by atoms with van der Waals surface area (Å²) in [6.07, 6.45) is -0.150. The molecule has 0 bridgehead atoms. The maximum Gasteiger partial charge on any atom is 0.178 e. The van der Waals surface area contributed by atoms with Crippen molar-refractivity contribution in [2.45, 2.75) is 17.6 Å². The topological polar surface area (TPSA) is 52.6 Å². The van der Waals surface area contributed by atoms with Gasteiger partial charge in [-0.3, -0.25) is 0 Å². The van der Waals surface area contributed by atoms with Crippen LogP contribution in [0.3, 0.4) is 0 Å². The van der Waals surface area contributed by atoms with E-state index in [1.54, 1.807) is 30.3 Å². The summed E-state index contributed by atoms with van der Waals surface area (Å²) in [5.74, 6) is 0.0172. The molecule has 1 aromatic rings. The molecule has 0 radical (unpaired) electrons. The van der Waals surface area contributed by atoms with E-state index in [0.717, 1.165) is 0 Å². The second kappa shape index (κ2) is 5.98. The van der Waals surface area contributed by atoms with Crippen molar-refractivity contribution in [2.75, 3.05) is 20.0 Å². The van der Waals surface area contributed by atoms with Crippen LogP contribution in [0.25, 0.3) is 0 Å². The van der Waals surface area contributed by atoms with E-state index in [-0.39, 0.29) is 5.75 Å². The number of sulfone groups is 1.